The van der Waals surface area contributed by atoms with Crippen LogP contribution in [0, 0.1) is 0 Å². The number of sulfonamides is 1. The molecule has 2 aromatic rings. The number of hydrogen-bond donors (Lipinski definition) is 0. The van der Waals surface area contributed by atoms with Crippen LogP contribution in [0.1, 0.15) is 20.8 Å². The van der Waals surface area contributed by atoms with Gasteiger partial charge in [-0.1, -0.05) is 12.1 Å². The molecule has 0 saturated carbocycles. The molecule has 0 aliphatic carbocycles. The fourth-order valence-corrected chi connectivity index (χ4v) is 3.90. The van der Waals surface area contributed by atoms with Gasteiger partial charge in [0.15, 0.2) is 0 Å². The van der Waals surface area contributed by atoms with Gasteiger partial charge in [0.25, 0.3) is 10.0 Å². The van der Waals surface area contributed by atoms with Gasteiger partial charge in [-0.25, -0.2) is 8.42 Å². The van der Waals surface area contributed by atoms with Crippen LogP contribution in [0.25, 0.3) is 0 Å². The molecule has 0 radical (unpaired) electrons. The van der Waals surface area contributed by atoms with E-state index in [1.807, 2.05) is 19.9 Å². The maximum atomic E-state index is 13.0. The third kappa shape index (κ3) is 3.82. The molecule has 0 atom stereocenters. The first-order valence-electron chi connectivity index (χ1n) is 8.02. The molecular formula is C18H23NO4S. The number of nitrogens with zero attached hydrogens (tertiary/aromatic N) is 1. The first-order chi connectivity index (χ1) is 11.5. The highest BCUT2D eigenvalue weighted by Crippen LogP contribution is 2.32. The zero-order valence-electron chi connectivity index (χ0n) is 14.2. The first kappa shape index (κ1) is 18.1. The summed E-state index contributed by atoms with van der Waals surface area (Å²) >= 11 is 0. The Labute approximate surface area is 143 Å². The van der Waals surface area contributed by atoms with E-state index in [0.29, 0.717) is 36.9 Å². The lowest BCUT2D eigenvalue weighted by Gasteiger charge is -2.25. The van der Waals surface area contributed by atoms with E-state index >= 15 is 0 Å². The second-order valence-corrected chi connectivity index (χ2v) is 6.84. The molecule has 130 valence electrons. The van der Waals surface area contributed by atoms with Crippen LogP contribution in [0.4, 0.5) is 5.69 Å². The summed E-state index contributed by atoms with van der Waals surface area (Å²) in [5.74, 6) is 1.20. The fraction of sp³-hybridized carbons (Fsp3) is 0.333. The minimum Gasteiger partial charge on any atom is -0.494 e. The second-order valence-electron chi connectivity index (χ2n) is 4.97. The van der Waals surface area contributed by atoms with Crippen molar-refractivity contribution in [2.24, 2.45) is 0 Å². The molecule has 0 aromatic heterocycles. The summed E-state index contributed by atoms with van der Waals surface area (Å²) in [5, 5.41) is 0. The molecule has 0 aliphatic heterocycles. The van der Waals surface area contributed by atoms with Crippen LogP contribution in [0.3, 0.4) is 0 Å². The maximum Gasteiger partial charge on any atom is 0.264 e. The van der Waals surface area contributed by atoms with Gasteiger partial charge in [0.05, 0.1) is 23.8 Å². The molecule has 0 heterocycles. The molecule has 2 aromatic carbocycles. The van der Waals surface area contributed by atoms with Crippen LogP contribution in [0.5, 0.6) is 11.5 Å². The Balaban J connectivity index is 2.42. The van der Waals surface area contributed by atoms with E-state index in [9.17, 15) is 8.42 Å². The number of ether oxygens (including phenoxy) is 2. The van der Waals surface area contributed by atoms with Gasteiger partial charge in [-0.3, -0.25) is 4.31 Å². The van der Waals surface area contributed by atoms with Crippen LogP contribution in [-0.2, 0) is 10.0 Å². The third-order valence-corrected chi connectivity index (χ3v) is 5.35. The standard InChI is InChI=1S/C18H23NO4S/c1-4-19(17-9-7-8-10-18(17)23-6-3)24(20,21)16-13-11-15(12-14-16)22-5-2/h7-14H,4-6H2,1-3H3. The highest BCUT2D eigenvalue weighted by atomic mass is 32.2. The Morgan fingerprint density at radius 1 is 0.875 bits per heavy atom. The van der Waals surface area contributed by atoms with E-state index in [0.717, 1.165) is 0 Å². The summed E-state index contributed by atoms with van der Waals surface area (Å²) in [6.07, 6.45) is 0. The number of benzene rings is 2. The van der Waals surface area contributed by atoms with Gasteiger partial charge >= 0.3 is 0 Å². The molecule has 5 nitrogen and oxygen atoms in total. The zero-order chi connectivity index (χ0) is 17.6. The van der Waals surface area contributed by atoms with Gasteiger partial charge in [0.2, 0.25) is 0 Å². The minimum absolute atomic E-state index is 0.221. The van der Waals surface area contributed by atoms with Gasteiger partial charge in [-0.05, 0) is 57.2 Å². The summed E-state index contributed by atoms with van der Waals surface area (Å²) in [6, 6.07) is 13.6. The average Bonchev–Trinajstić information content (AvgIpc) is 2.58. The lowest BCUT2D eigenvalue weighted by atomic mass is 10.3. The molecule has 0 amide bonds. The van der Waals surface area contributed by atoms with E-state index in [1.165, 1.54) is 4.31 Å². The van der Waals surface area contributed by atoms with Crippen LogP contribution in [0.15, 0.2) is 53.4 Å². The number of hydrogen-bond acceptors (Lipinski definition) is 4. The van der Waals surface area contributed by atoms with Crippen molar-refractivity contribution in [3.63, 3.8) is 0 Å². The normalized spacial score (nSPS) is 11.1. The average molecular weight is 349 g/mol. The molecule has 2 rings (SSSR count). The molecule has 0 aliphatic rings. The van der Waals surface area contributed by atoms with Crippen LogP contribution < -0.4 is 13.8 Å². The monoisotopic (exact) mass is 349 g/mol. The molecule has 6 heteroatoms. The lowest BCUT2D eigenvalue weighted by Crippen LogP contribution is -2.31. The van der Waals surface area contributed by atoms with Gasteiger partial charge in [-0.2, -0.15) is 0 Å². The molecular weight excluding hydrogens is 326 g/mol. The van der Waals surface area contributed by atoms with Crippen molar-refractivity contribution >= 4 is 15.7 Å². The number of anilines is 1. The minimum atomic E-state index is -3.68. The quantitative estimate of drug-likeness (QED) is 0.729. The van der Waals surface area contributed by atoms with Gasteiger partial charge in [0.1, 0.15) is 11.5 Å². The topological polar surface area (TPSA) is 55.8 Å². The predicted octanol–water partition coefficient (Wildman–Crippen LogP) is 3.70. The van der Waals surface area contributed by atoms with E-state index in [1.54, 1.807) is 49.4 Å². The first-order valence-corrected chi connectivity index (χ1v) is 9.46. The van der Waals surface area contributed by atoms with Gasteiger partial charge in [-0.15, -0.1) is 0 Å². The van der Waals surface area contributed by atoms with Crippen molar-refractivity contribution < 1.29 is 17.9 Å². The van der Waals surface area contributed by atoms with Crippen LogP contribution in [-0.4, -0.2) is 28.2 Å². The van der Waals surface area contributed by atoms with Crippen LogP contribution in [0.2, 0.25) is 0 Å². The lowest BCUT2D eigenvalue weighted by molar-refractivity contribution is 0.340. The van der Waals surface area contributed by atoms with Crippen molar-refractivity contribution in [2.45, 2.75) is 25.7 Å². The summed E-state index contributed by atoms with van der Waals surface area (Å²) in [7, 11) is -3.68. The highest BCUT2D eigenvalue weighted by molar-refractivity contribution is 7.92. The summed E-state index contributed by atoms with van der Waals surface area (Å²) in [5.41, 5.74) is 0.538. The number of rotatable bonds is 8. The van der Waals surface area contributed by atoms with E-state index in [-0.39, 0.29) is 4.90 Å². The molecule has 0 unspecified atom stereocenters. The Morgan fingerprint density at radius 2 is 1.50 bits per heavy atom. The molecule has 0 bridgehead atoms. The van der Waals surface area contributed by atoms with Crippen LogP contribution >= 0.6 is 0 Å². The van der Waals surface area contributed by atoms with E-state index in [2.05, 4.69) is 0 Å². The smallest absolute Gasteiger partial charge is 0.264 e. The predicted molar refractivity (Wildman–Crippen MR) is 95.4 cm³/mol. The zero-order valence-corrected chi connectivity index (χ0v) is 15.0. The molecule has 0 fully saturated rings. The van der Waals surface area contributed by atoms with Crippen molar-refractivity contribution in [1.29, 1.82) is 0 Å². The molecule has 0 saturated heterocycles. The molecule has 24 heavy (non-hydrogen) atoms. The second kappa shape index (κ2) is 8.06. The van der Waals surface area contributed by atoms with Gasteiger partial charge < -0.3 is 9.47 Å². The molecule has 0 spiro atoms. The van der Waals surface area contributed by atoms with Crippen molar-refractivity contribution in [2.75, 3.05) is 24.1 Å². The Morgan fingerprint density at radius 3 is 2.08 bits per heavy atom. The van der Waals surface area contributed by atoms with E-state index < -0.39 is 10.0 Å². The largest absolute Gasteiger partial charge is 0.494 e. The van der Waals surface area contributed by atoms with Crippen molar-refractivity contribution in [3.05, 3.63) is 48.5 Å². The van der Waals surface area contributed by atoms with Crippen molar-refractivity contribution in [1.82, 2.24) is 0 Å². The Bertz CT molecular complexity index is 757. The summed E-state index contributed by atoms with van der Waals surface area (Å²) in [6.45, 7) is 6.86. The Kier molecular flexibility index (Phi) is 6.09. The summed E-state index contributed by atoms with van der Waals surface area (Å²) in [4.78, 5) is 0.221. The van der Waals surface area contributed by atoms with Crippen molar-refractivity contribution in [3.8, 4) is 11.5 Å². The van der Waals surface area contributed by atoms with Gasteiger partial charge in [0, 0.05) is 6.54 Å². The summed E-state index contributed by atoms with van der Waals surface area (Å²) < 4.78 is 38.3. The highest BCUT2D eigenvalue weighted by Gasteiger charge is 2.25. The molecule has 0 N–H and O–H groups in total. The SMILES string of the molecule is CCOc1ccc(S(=O)(=O)N(CC)c2ccccc2OCC)cc1. The Hall–Kier alpha value is -2.21. The number of para-hydroxylation sites is 2. The maximum absolute atomic E-state index is 13.0. The fourth-order valence-electron chi connectivity index (χ4n) is 2.41. The van der Waals surface area contributed by atoms with E-state index in [4.69, 9.17) is 9.47 Å². The third-order valence-electron chi connectivity index (χ3n) is 3.44.